The van der Waals surface area contributed by atoms with Crippen LogP contribution < -0.4 is 19.5 Å². The van der Waals surface area contributed by atoms with E-state index in [0.717, 1.165) is 11.3 Å². The summed E-state index contributed by atoms with van der Waals surface area (Å²) in [7, 11) is -1.98. The molecule has 1 atom stereocenters. The van der Waals surface area contributed by atoms with Gasteiger partial charge in [-0.1, -0.05) is 12.1 Å². The molecule has 0 aliphatic carbocycles. The van der Waals surface area contributed by atoms with E-state index < -0.39 is 10.0 Å². The van der Waals surface area contributed by atoms with Crippen molar-refractivity contribution in [3.8, 4) is 11.5 Å². The number of rotatable bonds is 9. The van der Waals surface area contributed by atoms with Gasteiger partial charge in [-0.3, -0.25) is 4.79 Å². The zero-order chi connectivity index (χ0) is 21.6. The Morgan fingerprint density at radius 1 is 1.07 bits per heavy atom. The lowest BCUT2D eigenvalue weighted by Crippen LogP contribution is -2.31. The molecule has 29 heavy (non-hydrogen) atoms. The summed E-state index contributed by atoms with van der Waals surface area (Å²) in [4.78, 5) is 12.4. The number of amides is 1. The van der Waals surface area contributed by atoms with Crippen LogP contribution in [-0.4, -0.2) is 34.1 Å². The number of carbonyl (C=O) groups excluding carboxylic acids is 1. The predicted octanol–water partition coefficient (Wildman–Crippen LogP) is 2.95. The largest absolute Gasteiger partial charge is 0.497 e. The minimum Gasteiger partial charge on any atom is -0.497 e. The molecule has 0 radical (unpaired) electrons. The maximum Gasteiger partial charge on any atom is 0.258 e. The highest BCUT2D eigenvalue weighted by molar-refractivity contribution is 7.89. The van der Waals surface area contributed by atoms with Crippen molar-refractivity contribution < 1.29 is 22.7 Å². The standard InChI is InChI=1S/C21H28N2O5S/c1-14(2)23-29(25,26)19-10-11-20(15(3)12-19)28-13-21(24)22-16(4)17-6-8-18(27-5)9-7-17/h6-12,14,16,23H,13H2,1-5H3,(H,22,24)/t16-/m1/s1. The topological polar surface area (TPSA) is 93.7 Å². The van der Waals surface area contributed by atoms with Crippen LogP contribution >= 0.6 is 0 Å². The number of carbonyl (C=O) groups is 1. The van der Waals surface area contributed by atoms with Crippen LogP contribution in [0.4, 0.5) is 0 Å². The first-order chi connectivity index (χ1) is 13.6. The maximum atomic E-state index is 12.2. The number of hydrogen-bond acceptors (Lipinski definition) is 5. The highest BCUT2D eigenvalue weighted by atomic mass is 32.2. The molecule has 0 heterocycles. The summed E-state index contributed by atoms with van der Waals surface area (Å²) in [5.41, 5.74) is 1.58. The monoisotopic (exact) mass is 420 g/mol. The zero-order valence-corrected chi connectivity index (χ0v) is 18.2. The predicted molar refractivity (Wildman–Crippen MR) is 112 cm³/mol. The first-order valence-electron chi connectivity index (χ1n) is 9.31. The summed E-state index contributed by atoms with van der Waals surface area (Å²) >= 11 is 0. The average Bonchev–Trinajstić information content (AvgIpc) is 2.66. The number of aryl methyl sites for hydroxylation is 1. The van der Waals surface area contributed by atoms with Crippen molar-refractivity contribution in [2.45, 2.75) is 44.7 Å². The van der Waals surface area contributed by atoms with E-state index in [2.05, 4.69) is 10.0 Å². The molecule has 0 fully saturated rings. The lowest BCUT2D eigenvalue weighted by molar-refractivity contribution is -0.123. The molecule has 2 aromatic rings. The molecular weight excluding hydrogens is 392 g/mol. The average molecular weight is 421 g/mol. The Hall–Kier alpha value is -2.58. The molecule has 0 unspecified atom stereocenters. The number of nitrogens with one attached hydrogen (secondary N) is 2. The first-order valence-corrected chi connectivity index (χ1v) is 10.8. The summed E-state index contributed by atoms with van der Waals surface area (Å²) in [6.07, 6.45) is 0. The van der Waals surface area contributed by atoms with E-state index in [-0.39, 0.29) is 29.5 Å². The molecule has 2 aromatic carbocycles. The smallest absolute Gasteiger partial charge is 0.258 e. The van der Waals surface area contributed by atoms with Crippen LogP contribution in [0.2, 0.25) is 0 Å². The van der Waals surface area contributed by atoms with Crippen molar-refractivity contribution in [3.05, 3.63) is 53.6 Å². The van der Waals surface area contributed by atoms with Crippen LogP contribution in [0.1, 0.15) is 37.9 Å². The van der Waals surface area contributed by atoms with Gasteiger partial charge in [-0.25, -0.2) is 13.1 Å². The van der Waals surface area contributed by atoms with E-state index in [4.69, 9.17) is 9.47 Å². The van der Waals surface area contributed by atoms with Crippen LogP contribution in [0.3, 0.4) is 0 Å². The van der Waals surface area contributed by atoms with Gasteiger partial charge in [-0.05, 0) is 69.2 Å². The number of methoxy groups -OCH3 is 1. The van der Waals surface area contributed by atoms with Gasteiger partial charge in [-0.15, -0.1) is 0 Å². The molecule has 2 N–H and O–H groups in total. The molecule has 0 aliphatic heterocycles. The van der Waals surface area contributed by atoms with E-state index in [9.17, 15) is 13.2 Å². The van der Waals surface area contributed by atoms with Gasteiger partial charge in [0.15, 0.2) is 6.61 Å². The van der Waals surface area contributed by atoms with Crippen molar-refractivity contribution in [2.75, 3.05) is 13.7 Å². The Balaban J connectivity index is 1.95. The highest BCUT2D eigenvalue weighted by Gasteiger charge is 2.17. The van der Waals surface area contributed by atoms with Gasteiger partial charge < -0.3 is 14.8 Å². The molecule has 158 valence electrons. The molecule has 8 heteroatoms. The molecule has 0 aromatic heterocycles. The Morgan fingerprint density at radius 2 is 1.72 bits per heavy atom. The molecule has 1 amide bonds. The third kappa shape index (κ3) is 6.47. The fourth-order valence-corrected chi connectivity index (χ4v) is 4.07. The second-order valence-corrected chi connectivity index (χ2v) is 8.77. The Kier molecular flexibility index (Phi) is 7.64. The number of ether oxygens (including phenoxy) is 2. The minimum atomic E-state index is -3.58. The molecular formula is C21H28N2O5S. The SMILES string of the molecule is COc1ccc([C@@H](C)NC(=O)COc2ccc(S(=O)(=O)NC(C)C)cc2C)cc1. The van der Waals surface area contributed by atoms with E-state index in [1.54, 1.807) is 33.9 Å². The second kappa shape index (κ2) is 9.76. The third-order valence-corrected chi connectivity index (χ3v) is 5.86. The summed E-state index contributed by atoms with van der Waals surface area (Å²) in [5, 5.41) is 2.87. The van der Waals surface area contributed by atoms with Crippen LogP contribution in [0.15, 0.2) is 47.4 Å². The van der Waals surface area contributed by atoms with Crippen molar-refractivity contribution in [2.24, 2.45) is 0 Å². The molecule has 0 spiro atoms. The third-order valence-electron chi connectivity index (χ3n) is 4.20. The molecule has 0 aliphatic rings. The van der Waals surface area contributed by atoms with E-state index >= 15 is 0 Å². The van der Waals surface area contributed by atoms with Crippen molar-refractivity contribution in [1.82, 2.24) is 10.0 Å². The lowest BCUT2D eigenvalue weighted by atomic mass is 10.1. The van der Waals surface area contributed by atoms with Crippen molar-refractivity contribution >= 4 is 15.9 Å². The van der Waals surface area contributed by atoms with Crippen LogP contribution in [0, 0.1) is 6.92 Å². The summed E-state index contributed by atoms with van der Waals surface area (Å²) in [6, 6.07) is 11.6. The van der Waals surface area contributed by atoms with Gasteiger partial charge in [0.1, 0.15) is 11.5 Å². The molecule has 2 rings (SSSR count). The fraction of sp³-hybridized carbons (Fsp3) is 0.381. The quantitative estimate of drug-likeness (QED) is 0.651. The molecule has 0 saturated carbocycles. The van der Waals surface area contributed by atoms with Gasteiger partial charge in [0, 0.05) is 6.04 Å². The fourth-order valence-electron chi connectivity index (χ4n) is 2.73. The maximum absolute atomic E-state index is 12.2. The number of hydrogen-bond donors (Lipinski definition) is 2. The first kappa shape index (κ1) is 22.7. The van der Waals surface area contributed by atoms with E-state index in [1.165, 1.54) is 12.1 Å². The van der Waals surface area contributed by atoms with E-state index in [1.807, 2.05) is 31.2 Å². The van der Waals surface area contributed by atoms with Crippen molar-refractivity contribution in [1.29, 1.82) is 0 Å². The van der Waals surface area contributed by atoms with Gasteiger partial charge >= 0.3 is 0 Å². The summed E-state index contributed by atoms with van der Waals surface area (Å²) in [6.45, 7) is 6.96. The Bertz CT molecular complexity index is 940. The Labute approximate surface area is 172 Å². The number of benzene rings is 2. The van der Waals surface area contributed by atoms with Gasteiger partial charge in [0.05, 0.1) is 18.0 Å². The highest BCUT2D eigenvalue weighted by Crippen LogP contribution is 2.22. The van der Waals surface area contributed by atoms with Crippen LogP contribution in [0.25, 0.3) is 0 Å². The lowest BCUT2D eigenvalue weighted by Gasteiger charge is -2.16. The summed E-state index contributed by atoms with van der Waals surface area (Å²) < 4.78 is 37.7. The number of sulfonamides is 1. The normalized spacial score (nSPS) is 12.5. The second-order valence-electron chi connectivity index (χ2n) is 7.05. The van der Waals surface area contributed by atoms with Gasteiger partial charge in [0.25, 0.3) is 5.91 Å². The molecule has 7 nitrogen and oxygen atoms in total. The minimum absolute atomic E-state index is 0.161. The van der Waals surface area contributed by atoms with Crippen LogP contribution in [0.5, 0.6) is 11.5 Å². The molecule has 0 bridgehead atoms. The van der Waals surface area contributed by atoms with Gasteiger partial charge in [0.2, 0.25) is 10.0 Å². The van der Waals surface area contributed by atoms with Crippen molar-refractivity contribution in [3.63, 3.8) is 0 Å². The molecule has 0 saturated heterocycles. The zero-order valence-electron chi connectivity index (χ0n) is 17.4. The Morgan fingerprint density at radius 3 is 2.28 bits per heavy atom. The van der Waals surface area contributed by atoms with Gasteiger partial charge in [-0.2, -0.15) is 0 Å². The van der Waals surface area contributed by atoms with E-state index in [0.29, 0.717) is 11.3 Å². The van der Waals surface area contributed by atoms with Crippen LogP contribution in [-0.2, 0) is 14.8 Å². The summed E-state index contributed by atoms with van der Waals surface area (Å²) in [5.74, 6) is 0.937.